The Morgan fingerprint density at radius 1 is 0.800 bits per heavy atom. The Morgan fingerprint density at radius 3 is 1.40 bits per heavy atom. The molecule has 0 bridgehead atoms. The molecule has 0 aliphatic carbocycles. The molecule has 0 aromatic rings. The smallest absolute Gasteiger partial charge is 0.256 e. The van der Waals surface area contributed by atoms with Gasteiger partial charge in [0.2, 0.25) is 0 Å². The second-order valence-electron chi connectivity index (χ2n) is 4.75. The molecule has 0 heterocycles. The van der Waals surface area contributed by atoms with Gasteiger partial charge >= 0.3 is 10.0 Å². The molecule has 0 spiro atoms. The van der Waals surface area contributed by atoms with Gasteiger partial charge in [-0.15, -0.1) is 0 Å². The van der Waals surface area contributed by atoms with Crippen LogP contribution < -0.4 is 0 Å². The van der Waals surface area contributed by atoms with Crippen molar-refractivity contribution < 1.29 is 18.9 Å². The molecule has 0 saturated carbocycles. The van der Waals surface area contributed by atoms with Crippen LogP contribution in [0.1, 0.15) is 54.4 Å². The normalized spacial score (nSPS) is 13.2. The Labute approximate surface area is 95.2 Å². The van der Waals surface area contributed by atoms with Gasteiger partial charge in [0.15, 0.2) is 0 Å². The van der Waals surface area contributed by atoms with Gasteiger partial charge < -0.3 is 0 Å². The summed E-state index contributed by atoms with van der Waals surface area (Å²) >= 11 is 0. The van der Waals surface area contributed by atoms with E-state index in [0.29, 0.717) is 0 Å². The largest absolute Gasteiger partial charge is 0.382 e. The quantitative estimate of drug-likeness (QED) is 0.280. The maximum atomic E-state index is 5.18. The Morgan fingerprint density at radius 2 is 1.13 bits per heavy atom. The van der Waals surface area contributed by atoms with Crippen molar-refractivity contribution in [3.63, 3.8) is 0 Å². The summed E-state index contributed by atoms with van der Waals surface area (Å²) in [7, 11) is -1.21. The van der Waals surface area contributed by atoms with Crippen molar-refractivity contribution >= 4 is 10.0 Å². The van der Waals surface area contributed by atoms with E-state index in [1.165, 1.54) is 0 Å². The fourth-order valence-corrected chi connectivity index (χ4v) is 1.28. The van der Waals surface area contributed by atoms with E-state index in [9.17, 15) is 0 Å². The average molecular weight is 236 g/mol. The van der Waals surface area contributed by atoms with E-state index in [1.807, 2.05) is 41.5 Å². The van der Waals surface area contributed by atoms with Gasteiger partial charge in [0.05, 0.1) is 11.2 Å². The molecule has 15 heavy (non-hydrogen) atoms. The third kappa shape index (κ3) is 7.93. The van der Waals surface area contributed by atoms with Gasteiger partial charge in [-0.25, -0.2) is 9.78 Å². The summed E-state index contributed by atoms with van der Waals surface area (Å²) < 4.78 is 10.0. The Bertz CT molecular complexity index is 153. The van der Waals surface area contributed by atoms with Gasteiger partial charge in [-0.3, -0.25) is 9.15 Å². The van der Waals surface area contributed by atoms with Crippen LogP contribution in [-0.2, 0) is 18.9 Å². The third-order valence-electron chi connectivity index (χ3n) is 2.37. The molecule has 4 nitrogen and oxygen atoms in total. The fraction of sp³-hybridized carbons (Fsp3) is 1.00. The summed E-state index contributed by atoms with van der Waals surface area (Å²) in [5.41, 5.74) is -0.507. The molecule has 0 rings (SSSR count). The van der Waals surface area contributed by atoms with Gasteiger partial charge in [-0.05, 0) is 40.5 Å². The Hall–Kier alpha value is 0.0569. The van der Waals surface area contributed by atoms with Crippen LogP contribution in [0.4, 0.5) is 0 Å². The lowest BCUT2D eigenvalue weighted by atomic mass is 10.1. The highest BCUT2D eigenvalue weighted by Crippen LogP contribution is 2.15. The SMILES string of the molecule is CCC(C)(C)OO[SiH2]OOC(C)(C)CC. The van der Waals surface area contributed by atoms with Crippen LogP contribution in [0.25, 0.3) is 0 Å². The van der Waals surface area contributed by atoms with E-state index < -0.39 is 10.0 Å². The second kappa shape index (κ2) is 6.60. The summed E-state index contributed by atoms with van der Waals surface area (Å²) in [4.78, 5) is 10.4. The topological polar surface area (TPSA) is 36.9 Å². The average Bonchev–Trinajstić information content (AvgIpc) is 2.17. The zero-order valence-electron chi connectivity index (χ0n) is 10.8. The molecule has 0 amide bonds. The summed E-state index contributed by atoms with van der Waals surface area (Å²) in [5.74, 6) is 0. The van der Waals surface area contributed by atoms with Crippen LogP contribution in [0.15, 0.2) is 0 Å². The van der Waals surface area contributed by atoms with Crippen molar-refractivity contribution in [3.8, 4) is 0 Å². The minimum absolute atomic E-state index is 0.253. The van der Waals surface area contributed by atoms with Crippen LogP contribution in [0, 0.1) is 0 Å². The van der Waals surface area contributed by atoms with Gasteiger partial charge in [0.25, 0.3) is 0 Å². The molecule has 0 aromatic carbocycles. The van der Waals surface area contributed by atoms with Crippen molar-refractivity contribution in [2.45, 2.75) is 65.6 Å². The maximum absolute atomic E-state index is 5.18. The van der Waals surface area contributed by atoms with Crippen LogP contribution >= 0.6 is 0 Å². The molecule has 0 saturated heterocycles. The number of hydrogen-bond acceptors (Lipinski definition) is 4. The van der Waals surface area contributed by atoms with Gasteiger partial charge in [-0.2, -0.15) is 0 Å². The standard InChI is InChI=1S/C10H24O4Si/c1-7-9(3,4)11-13-15-14-12-10(5,6)8-2/h7-8,15H2,1-6H3. The zero-order valence-corrected chi connectivity index (χ0v) is 12.2. The van der Waals surface area contributed by atoms with E-state index in [4.69, 9.17) is 18.9 Å². The first-order chi connectivity index (χ1) is 6.83. The highest BCUT2D eigenvalue weighted by Gasteiger charge is 2.19. The van der Waals surface area contributed by atoms with Crippen molar-refractivity contribution in [2.24, 2.45) is 0 Å². The third-order valence-corrected chi connectivity index (χ3v) is 2.80. The minimum Gasteiger partial charge on any atom is -0.256 e. The fourth-order valence-electron chi connectivity index (χ4n) is 0.505. The molecular formula is C10H24O4Si. The van der Waals surface area contributed by atoms with E-state index in [-0.39, 0.29) is 11.2 Å². The predicted molar refractivity (Wildman–Crippen MR) is 61.6 cm³/mol. The maximum Gasteiger partial charge on any atom is 0.382 e. The molecule has 0 atom stereocenters. The first-order valence-corrected chi connectivity index (χ1v) is 6.59. The molecule has 0 aliphatic rings. The van der Waals surface area contributed by atoms with Gasteiger partial charge in [0.1, 0.15) is 0 Å². The van der Waals surface area contributed by atoms with Gasteiger partial charge in [-0.1, -0.05) is 13.8 Å². The number of hydrogen-bond donors (Lipinski definition) is 0. The molecule has 5 heteroatoms. The molecule has 0 N–H and O–H groups in total. The Balaban J connectivity index is 3.48. The van der Waals surface area contributed by atoms with E-state index >= 15 is 0 Å². The van der Waals surface area contributed by atoms with Crippen molar-refractivity contribution in [1.29, 1.82) is 0 Å². The number of rotatable bonds is 8. The van der Waals surface area contributed by atoms with Crippen LogP contribution in [0.5, 0.6) is 0 Å². The van der Waals surface area contributed by atoms with Crippen LogP contribution in [0.3, 0.4) is 0 Å². The van der Waals surface area contributed by atoms with Crippen molar-refractivity contribution in [3.05, 3.63) is 0 Å². The Kier molecular flexibility index (Phi) is 6.62. The lowest BCUT2D eigenvalue weighted by molar-refractivity contribution is -0.337. The van der Waals surface area contributed by atoms with Gasteiger partial charge in [0, 0.05) is 0 Å². The minimum atomic E-state index is -1.21. The van der Waals surface area contributed by atoms with Crippen LogP contribution in [0.2, 0.25) is 0 Å². The molecule has 0 aliphatic heterocycles. The lowest BCUT2D eigenvalue weighted by Crippen LogP contribution is -2.27. The summed E-state index contributed by atoms with van der Waals surface area (Å²) in [6.07, 6.45) is 1.78. The molecule has 0 aromatic heterocycles. The predicted octanol–water partition coefficient (Wildman–Crippen LogP) is 2.26. The highest BCUT2D eigenvalue weighted by molar-refractivity contribution is 6.17. The molecule has 0 fully saturated rings. The van der Waals surface area contributed by atoms with E-state index in [1.54, 1.807) is 0 Å². The van der Waals surface area contributed by atoms with Crippen molar-refractivity contribution in [1.82, 2.24) is 0 Å². The monoisotopic (exact) mass is 236 g/mol. The first kappa shape index (κ1) is 15.1. The zero-order chi connectivity index (χ0) is 11.9. The molecular weight excluding hydrogens is 212 g/mol. The molecule has 92 valence electrons. The summed E-state index contributed by atoms with van der Waals surface area (Å²) in [5, 5.41) is 0. The van der Waals surface area contributed by atoms with Crippen molar-refractivity contribution in [2.75, 3.05) is 0 Å². The summed E-state index contributed by atoms with van der Waals surface area (Å²) in [6, 6.07) is 0. The molecule has 0 unspecified atom stereocenters. The summed E-state index contributed by atoms with van der Waals surface area (Å²) in [6.45, 7) is 12.0. The lowest BCUT2D eigenvalue weighted by Gasteiger charge is -2.23. The van der Waals surface area contributed by atoms with Crippen LogP contribution in [-0.4, -0.2) is 21.2 Å². The first-order valence-electron chi connectivity index (χ1n) is 5.44. The highest BCUT2D eigenvalue weighted by atomic mass is 28.3. The van der Waals surface area contributed by atoms with E-state index in [2.05, 4.69) is 0 Å². The molecule has 0 radical (unpaired) electrons. The van der Waals surface area contributed by atoms with E-state index in [0.717, 1.165) is 12.8 Å². The second-order valence-corrected chi connectivity index (χ2v) is 5.45.